The van der Waals surface area contributed by atoms with Gasteiger partial charge in [0.1, 0.15) is 6.20 Å². The van der Waals surface area contributed by atoms with Crippen LogP contribution in [0.1, 0.15) is 0 Å². The van der Waals surface area contributed by atoms with Crippen molar-refractivity contribution in [1.29, 1.82) is 0 Å². The number of nitrogens with one attached hydrogen (secondary N) is 1. The summed E-state index contributed by atoms with van der Waals surface area (Å²) in [5.74, 6) is 0. The second-order valence-corrected chi connectivity index (χ2v) is 9.78. The van der Waals surface area contributed by atoms with Crippen LogP contribution in [0.25, 0.3) is 0 Å². The van der Waals surface area contributed by atoms with Crippen LogP contribution in [-0.4, -0.2) is 30.3 Å². The average Bonchev–Trinajstić information content (AvgIpc) is 3.13. The smallest absolute Gasteiger partial charge is 0.257 e. The molecule has 0 amide bonds. The lowest BCUT2D eigenvalue weighted by molar-refractivity contribution is -0.380. The van der Waals surface area contributed by atoms with Gasteiger partial charge in [0.15, 0.2) is 21.3 Å². The number of hydrogen-bond acceptors (Lipinski definition) is 12. The van der Waals surface area contributed by atoms with Crippen molar-refractivity contribution in [3.8, 4) is 0 Å². The summed E-state index contributed by atoms with van der Waals surface area (Å²) in [6.45, 7) is 0. The highest BCUT2D eigenvalue weighted by atomic mass is 32.2. The number of hydrogen-bond donors (Lipinski definition) is 1. The summed E-state index contributed by atoms with van der Waals surface area (Å²) in [5.41, 5.74) is 0. The molecule has 108 valence electrons. The van der Waals surface area contributed by atoms with Crippen LogP contribution < -0.4 is 0 Å². The van der Waals surface area contributed by atoms with E-state index in [0.29, 0.717) is 12.6 Å². The van der Waals surface area contributed by atoms with Crippen LogP contribution in [0.5, 0.6) is 0 Å². The molecule has 0 aliphatic rings. The lowest BCUT2D eigenvalue weighted by Crippen LogP contribution is -1.80. The number of thiazole rings is 1. The molecule has 3 rings (SSSR count). The van der Waals surface area contributed by atoms with Gasteiger partial charge in [-0.25, -0.2) is 4.98 Å². The first-order valence-corrected chi connectivity index (χ1v) is 9.44. The van der Waals surface area contributed by atoms with Crippen LogP contribution in [0.15, 0.2) is 23.6 Å². The Balaban J connectivity index is 1.69. The van der Waals surface area contributed by atoms with Gasteiger partial charge in [0.2, 0.25) is 0 Å². The molecule has 0 bridgehead atoms. The van der Waals surface area contributed by atoms with Gasteiger partial charge in [0.05, 0.1) is 4.92 Å². The Morgan fingerprint density at radius 1 is 1.14 bits per heavy atom. The molecule has 3 aromatic heterocycles. The summed E-state index contributed by atoms with van der Waals surface area (Å²) in [6.07, 6.45) is 1.24. The Morgan fingerprint density at radius 3 is 2.43 bits per heavy atom. The molecular formula is C7H2N6O2S6. The largest absolute Gasteiger partial charge is 0.344 e. The standard InChI is InChI=1S/C7H2N6O2S6/c14-13(15)2-1-8-4(17-2)19-6-11-12-7(21-6)20-5-10-9-3(16)18-5/h1H,(H,9,16). The highest BCUT2D eigenvalue weighted by Gasteiger charge is 2.15. The second-order valence-electron chi connectivity index (χ2n) is 3.14. The molecular weight excluding hydrogens is 393 g/mol. The zero-order valence-electron chi connectivity index (χ0n) is 9.58. The third-order valence-corrected chi connectivity index (χ3v) is 7.01. The summed E-state index contributed by atoms with van der Waals surface area (Å²) >= 11 is 11.3. The number of aromatic amines is 1. The van der Waals surface area contributed by atoms with Gasteiger partial charge in [-0.05, 0) is 47.1 Å². The maximum atomic E-state index is 10.6. The molecule has 14 heteroatoms. The quantitative estimate of drug-likeness (QED) is 0.393. The molecule has 0 saturated carbocycles. The minimum Gasteiger partial charge on any atom is -0.257 e. The molecule has 0 saturated heterocycles. The van der Waals surface area contributed by atoms with Crippen molar-refractivity contribution >= 4 is 74.8 Å². The van der Waals surface area contributed by atoms with E-state index >= 15 is 0 Å². The monoisotopic (exact) mass is 394 g/mol. The summed E-state index contributed by atoms with van der Waals surface area (Å²) in [4.78, 5) is 14.1. The Labute approximate surface area is 142 Å². The summed E-state index contributed by atoms with van der Waals surface area (Å²) < 4.78 is 3.32. The van der Waals surface area contributed by atoms with Crippen LogP contribution in [0.4, 0.5) is 5.00 Å². The van der Waals surface area contributed by atoms with Crippen molar-refractivity contribution < 1.29 is 4.92 Å². The van der Waals surface area contributed by atoms with Gasteiger partial charge < -0.3 is 0 Å². The fraction of sp³-hybridized carbons (Fsp3) is 0. The SMILES string of the molecule is O=[N+]([O-])c1cnc(Sc2nnc(Sc3n[nH]c(=S)s3)s2)s1. The Morgan fingerprint density at radius 2 is 1.86 bits per heavy atom. The van der Waals surface area contributed by atoms with Gasteiger partial charge >= 0.3 is 5.00 Å². The first-order chi connectivity index (χ1) is 10.1. The molecule has 8 nitrogen and oxygen atoms in total. The number of rotatable bonds is 5. The highest BCUT2D eigenvalue weighted by molar-refractivity contribution is 8.04. The van der Waals surface area contributed by atoms with Gasteiger partial charge in [-0.1, -0.05) is 22.7 Å². The van der Waals surface area contributed by atoms with E-state index in [2.05, 4.69) is 25.4 Å². The van der Waals surface area contributed by atoms with Crippen LogP contribution in [0.3, 0.4) is 0 Å². The van der Waals surface area contributed by atoms with Crippen molar-refractivity contribution in [3.63, 3.8) is 0 Å². The van der Waals surface area contributed by atoms with Gasteiger partial charge in [-0.2, -0.15) is 5.10 Å². The van der Waals surface area contributed by atoms with Crippen LogP contribution in [0.2, 0.25) is 0 Å². The first-order valence-electron chi connectivity index (χ1n) is 4.95. The zero-order chi connectivity index (χ0) is 14.8. The molecule has 3 heterocycles. The van der Waals surface area contributed by atoms with Crippen LogP contribution in [0, 0.1) is 14.1 Å². The van der Waals surface area contributed by atoms with E-state index in [4.69, 9.17) is 12.2 Å². The molecule has 0 aromatic carbocycles. The number of aromatic nitrogens is 5. The lowest BCUT2D eigenvalue weighted by Gasteiger charge is -1.87. The number of H-pyrrole nitrogens is 1. The minimum absolute atomic E-state index is 0.00733. The van der Waals surface area contributed by atoms with Crippen molar-refractivity contribution in [3.05, 3.63) is 20.3 Å². The summed E-state index contributed by atoms with van der Waals surface area (Å²) in [5, 5.41) is 25.4. The normalized spacial score (nSPS) is 10.9. The molecule has 0 fully saturated rings. The van der Waals surface area contributed by atoms with Crippen LogP contribution >= 0.6 is 69.8 Å². The number of nitro groups is 1. The van der Waals surface area contributed by atoms with E-state index in [1.807, 2.05) is 0 Å². The molecule has 0 spiro atoms. The van der Waals surface area contributed by atoms with Crippen molar-refractivity contribution in [1.82, 2.24) is 25.4 Å². The summed E-state index contributed by atoms with van der Waals surface area (Å²) in [7, 11) is 0. The van der Waals surface area contributed by atoms with E-state index < -0.39 is 4.92 Å². The average molecular weight is 395 g/mol. The third-order valence-electron chi connectivity index (χ3n) is 1.81. The van der Waals surface area contributed by atoms with Crippen LogP contribution in [-0.2, 0) is 0 Å². The van der Waals surface area contributed by atoms with E-state index in [9.17, 15) is 10.1 Å². The summed E-state index contributed by atoms with van der Waals surface area (Å²) in [6, 6.07) is 0. The van der Waals surface area contributed by atoms with Crippen molar-refractivity contribution in [2.75, 3.05) is 0 Å². The van der Waals surface area contributed by atoms with E-state index in [1.165, 1.54) is 52.4 Å². The van der Waals surface area contributed by atoms with Gasteiger partial charge in [-0.3, -0.25) is 15.2 Å². The van der Waals surface area contributed by atoms with Gasteiger partial charge in [0, 0.05) is 0 Å². The topological polar surface area (TPSA) is 110 Å². The van der Waals surface area contributed by atoms with Gasteiger partial charge in [0.25, 0.3) is 0 Å². The predicted octanol–water partition coefficient (Wildman–Crippen LogP) is 3.72. The Kier molecular flexibility index (Phi) is 4.60. The molecule has 0 atom stereocenters. The Bertz CT molecular complexity index is 834. The molecule has 1 N–H and O–H groups in total. The van der Waals surface area contributed by atoms with Crippen molar-refractivity contribution in [2.45, 2.75) is 17.4 Å². The van der Waals surface area contributed by atoms with E-state index in [-0.39, 0.29) is 5.00 Å². The molecule has 21 heavy (non-hydrogen) atoms. The number of nitrogens with zero attached hydrogens (tertiary/aromatic N) is 5. The van der Waals surface area contributed by atoms with E-state index in [1.54, 1.807) is 0 Å². The van der Waals surface area contributed by atoms with Gasteiger partial charge in [-0.15, -0.1) is 10.2 Å². The molecule has 0 unspecified atom stereocenters. The van der Waals surface area contributed by atoms with E-state index in [0.717, 1.165) is 20.0 Å². The molecule has 0 aliphatic heterocycles. The van der Waals surface area contributed by atoms with Crippen molar-refractivity contribution in [2.24, 2.45) is 0 Å². The fourth-order valence-corrected chi connectivity index (χ4v) is 6.36. The fourth-order valence-electron chi connectivity index (χ4n) is 1.07. The maximum Gasteiger partial charge on any atom is 0.344 e. The Hall–Kier alpha value is -0.930. The molecule has 3 aromatic rings. The zero-order valence-corrected chi connectivity index (χ0v) is 14.5. The lowest BCUT2D eigenvalue weighted by atomic mass is 10.9. The molecule has 0 aliphatic carbocycles. The maximum absolute atomic E-state index is 10.6. The second kappa shape index (κ2) is 6.45. The predicted molar refractivity (Wildman–Crippen MR) is 84.2 cm³/mol. The highest BCUT2D eigenvalue weighted by Crippen LogP contribution is 2.39. The first kappa shape index (κ1) is 15.0. The molecule has 0 radical (unpaired) electrons. The minimum atomic E-state index is -0.464. The third kappa shape index (κ3) is 3.83.